The first-order valence-corrected chi connectivity index (χ1v) is 23.8. The van der Waals surface area contributed by atoms with Crippen LogP contribution in [0.3, 0.4) is 0 Å². The minimum Gasteiger partial charge on any atom is -0.474 e. The molecule has 5 heterocycles. The van der Waals surface area contributed by atoms with Crippen molar-refractivity contribution >= 4 is 72.6 Å². The first kappa shape index (κ1) is 43.6. The molecule has 3 aliphatic heterocycles. The second kappa shape index (κ2) is 18.1. The number of pyridine rings is 1. The topological polar surface area (TPSA) is 175 Å². The summed E-state index contributed by atoms with van der Waals surface area (Å²) in [6.07, 6.45) is 6.83. The fourth-order valence-electron chi connectivity index (χ4n) is 9.33. The normalized spacial score (nSPS) is 19.3. The lowest BCUT2D eigenvalue weighted by Gasteiger charge is -2.39. The van der Waals surface area contributed by atoms with Gasteiger partial charge in [0.2, 0.25) is 5.88 Å². The number of carbonyl (C=O) groups excluding carboxylic acids is 1. The molecule has 1 atom stereocenters. The van der Waals surface area contributed by atoms with E-state index >= 15 is 0 Å². The number of anilines is 4. The van der Waals surface area contributed by atoms with Gasteiger partial charge in [-0.05, 0) is 109 Å². The number of aromatic amines is 1. The van der Waals surface area contributed by atoms with Gasteiger partial charge >= 0.3 is 0 Å². The number of ether oxygens (including phenoxy) is 2. The van der Waals surface area contributed by atoms with Crippen molar-refractivity contribution in [1.82, 2.24) is 19.6 Å². The minimum atomic E-state index is -4.56. The van der Waals surface area contributed by atoms with E-state index in [1.807, 2.05) is 41.3 Å². The Morgan fingerprint density at radius 1 is 1.00 bits per heavy atom. The third-order valence-electron chi connectivity index (χ3n) is 12.9. The number of nitro benzene ring substituents is 1. The summed E-state index contributed by atoms with van der Waals surface area (Å²) in [6.45, 7) is 11.1. The molecule has 9 rings (SSSR count). The van der Waals surface area contributed by atoms with E-state index in [1.54, 1.807) is 12.3 Å². The number of hydrogen-bond acceptors (Lipinski definition) is 12. The Morgan fingerprint density at radius 2 is 1.81 bits per heavy atom. The summed E-state index contributed by atoms with van der Waals surface area (Å²) in [4.78, 5) is 40.0. The third-order valence-corrected chi connectivity index (χ3v) is 14.5. The highest BCUT2D eigenvalue weighted by Crippen LogP contribution is 2.44. The van der Waals surface area contributed by atoms with E-state index in [0.717, 1.165) is 87.0 Å². The van der Waals surface area contributed by atoms with Crippen molar-refractivity contribution in [1.29, 1.82) is 0 Å². The Morgan fingerprint density at radius 3 is 2.58 bits per heavy atom. The largest absolute Gasteiger partial charge is 0.474 e. The van der Waals surface area contributed by atoms with Crippen LogP contribution in [0, 0.1) is 21.4 Å². The summed E-state index contributed by atoms with van der Waals surface area (Å²) in [6, 6.07) is 21.1. The Bertz CT molecular complexity index is 2710. The number of nitrogens with zero attached hydrogens (tertiary/aromatic N) is 5. The lowest BCUT2D eigenvalue weighted by Crippen LogP contribution is -2.47. The van der Waals surface area contributed by atoms with Gasteiger partial charge in [0.05, 0.1) is 34.2 Å². The van der Waals surface area contributed by atoms with Crippen LogP contribution in [0.4, 0.5) is 28.4 Å². The molecule has 0 radical (unpaired) electrons. The molecule has 1 unspecified atom stereocenters. The molecule has 1 amide bonds. The molecular weight excluding hydrogens is 856 g/mol. The molecule has 0 saturated carbocycles. The number of nitro groups is 1. The van der Waals surface area contributed by atoms with E-state index in [4.69, 9.17) is 26.1 Å². The molecule has 1 aliphatic carbocycles. The number of rotatable bonds is 12. The Balaban J connectivity index is 0.975. The zero-order chi connectivity index (χ0) is 44.6. The number of aromatic nitrogens is 2. The van der Waals surface area contributed by atoms with Gasteiger partial charge in [-0.15, -0.1) is 0 Å². The molecule has 0 spiro atoms. The summed E-state index contributed by atoms with van der Waals surface area (Å²) in [5.41, 5.74) is 6.90. The second-order valence-electron chi connectivity index (χ2n) is 18.0. The van der Waals surface area contributed by atoms with Crippen molar-refractivity contribution in [2.75, 3.05) is 80.8 Å². The zero-order valence-electron chi connectivity index (χ0n) is 36.1. The molecule has 15 nitrogen and oxygen atoms in total. The number of nitrogens with one attached hydrogen (secondary N) is 3. The van der Waals surface area contributed by atoms with Crippen LogP contribution in [0.5, 0.6) is 5.88 Å². The molecule has 5 aromatic rings. The minimum absolute atomic E-state index is 0.109. The molecular formula is C47H53ClN8O7S. The van der Waals surface area contributed by atoms with Gasteiger partial charge in [0.25, 0.3) is 21.6 Å². The van der Waals surface area contributed by atoms with E-state index in [1.165, 1.54) is 28.8 Å². The van der Waals surface area contributed by atoms with Crippen molar-refractivity contribution < 1.29 is 27.6 Å². The summed E-state index contributed by atoms with van der Waals surface area (Å²) >= 11 is 6.26. The van der Waals surface area contributed by atoms with E-state index in [0.29, 0.717) is 49.2 Å². The summed E-state index contributed by atoms with van der Waals surface area (Å²) in [5.74, 6) is -0.316. The van der Waals surface area contributed by atoms with Crippen molar-refractivity contribution in [3.8, 4) is 5.88 Å². The smallest absolute Gasteiger partial charge is 0.293 e. The van der Waals surface area contributed by atoms with Crippen LogP contribution in [0.15, 0.2) is 89.5 Å². The maximum Gasteiger partial charge on any atom is 0.293 e. The number of halogens is 1. The van der Waals surface area contributed by atoms with Gasteiger partial charge in [-0.25, -0.2) is 13.1 Å². The number of benzene rings is 3. The van der Waals surface area contributed by atoms with Gasteiger partial charge in [-0.1, -0.05) is 43.2 Å². The third kappa shape index (κ3) is 9.41. The maximum absolute atomic E-state index is 14.3. The fourth-order valence-corrected chi connectivity index (χ4v) is 10.4. The average Bonchev–Trinajstić information content (AvgIpc) is 3.76. The molecule has 2 fully saturated rings. The predicted molar refractivity (Wildman–Crippen MR) is 249 cm³/mol. The monoisotopic (exact) mass is 908 g/mol. The highest BCUT2D eigenvalue weighted by molar-refractivity contribution is 7.90. The number of piperazine rings is 1. The van der Waals surface area contributed by atoms with Gasteiger partial charge in [0.15, 0.2) is 0 Å². The van der Waals surface area contributed by atoms with E-state index in [9.17, 15) is 23.3 Å². The van der Waals surface area contributed by atoms with Crippen LogP contribution in [0.1, 0.15) is 61.9 Å². The second-order valence-corrected chi connectivity index (χ2v) is 20.1. The molecule has 336 valence electrons. The van der Waals surface area contributed by atoms with E-state index in [2.05, 4.69) is 50.8 Å². The number of sulfonamides is 1. The number of amides is 1. The number of carbonyl (C=O) groups is 1. The Kier molecular flexibility index (Phi) is 12.3. The first-order chi connectivity index (χ1) is 30.8. The van der Waals surface area contributed by atoms with Crippen molar-refractivity contribution in [3.05, 3.63) is 111 Å². The molecule has 64 heavy (non-hydrogen) atoms. The standard InChI is InChI=1S/C47H53ClN8O7S/c1-47(2)15-13-34(39(27-47)32-5-7-35(48)8-6-32)29-53-17-19-54(20-18-53)36-9-11-38(41(25-36)55-21-23-63-46-43(55)24-33-14-16-49-44(33)51-46)45(57)52-64(60,61)37-10-12-40(42(26-37)56(58)59)50-28-31-4-3-22-62-30-31/h5-12,14,16,24-26,31,50H,3-4,13,15,17-23,27-30H2,1-2H3,(H,49,51)(H,52,57). The van der Waals surface area contributed by atoms with Crippen LogP contribution in [0.2, 0.25) is 5.02 Å². The van der Waals surface area contributed by atoms with Crippen LogP contribution in [0.25, 0.3) is 16.6 Å². The van der Waals surface area contributed by atoms with Crippen molar-refractivity contribution in [2.24, 2.45) is 11.3 Å². The predicted octanol–water partition coefficient (Wildman–Crippen LogP) is 8.40. The lowest BCUT2D eigenvalue weighted by molar-refractivity contribution is -0.384. The van der Waals surface area contributed by atoms with Crippen LogP contribution >= 0.6 is 11.6 Å². The lowest BCUT2D eigenvalue weighted by atomic mass is 9.72. The highest BCUT2D eigenvalue weighted by Gasteiger charge is 2.32. The van der Waals surface area contributed by atoms with Gasteiger partial charge in [0.1, 0.15) is 23.6 Å². The molecule has 2 saturated heterocycles. The number of hydrogen-bond donors (Lipinski definition) is 3. The number of fused-ring (bicyclic) bond motifs is 2. The zero-order valence-corrected chi connectivity index (χ0v) is 37.6. The van der Waals surface area contributed by atoms with E-state index in [-0.39, 0.29) is 29.2 Å². The molecule has 0 bridgehead atoms. The first-order valence-electron chi connectivity index (χ1n) is 21.9. The summed E-state index contributed by atoms with van der Waals surface area (Å²) < 4.78 is 41.5. The molecule has 17 heteroatoms. The van der Waals surface area contributed by atoms with Gasteiger partial charge in [0, 0.05) is 74.2 Å². The highest BCUT2D eigenvalue weighted by atomic mass is 35.5. The number of allylic oxidation sites excluding steroid dienone is 1. The van der Waals surface area contributed by atoms with Crippen molar-refractivity contribution in [2.45, 2.75) is 50.8 Å². The maximum atomic E-state index is 14.3. The van der Waals surface area contributed by atoms with Crippen LogP contribution in [-0.2, 0) is 14.8 Å². The van der Waals surface area contributed by atoms with Crippen molar-refractivity contribution in [3.63, 3.8) is 0 Å². The summed E-state index contributed by atoms with van der Waals surface area (Å²) in [7, 11) is -4.56. The SMILES string of the molecule is CC1(C)CCC(CN2CCN(c3ccc(C(=O)NS(=O)(=O)c4ccc(NCC5CCCOC5)c([N+](=O)[O-])c4)c(N4CCOc5nc6[nH]ccc6cc54)c3)CC2)=C(c2ccc(Cl)cc2)C1. The van der Waals surface area contributed by atoms with Gasteiger partial charge in [-0.2, -0.15) is 4.98 Å². The quantitative estimate of drug-likeness (QED) is 0.0807. The fraction of sp³-hybridized carbons (Fsp3) is 0.404. The number of H-pyrrole nitrogens is 1. The Labute approximate surface area is 378 Å². The average molecular weight is 910 g/mol. The summed E-state index contributed by atoms with van der Waals surface area (Å²) in [5, 5.41) is 16.8. The van der Waals surface area contributed by atoms with Crippen LogP contribution < -0.4 is 24.6 Å². The Hall–Kier alpha value is -5.68. The molecule has 4 aliphatic rings. The molecule has 3 N–H and O–H groups in total. The van der Waals surface area contributed by atoms with Gasteiger partial charge < -0.3 is 29.6 Å². The van der Waals surface area contributed by atoms with Crippen LogP contribution in [-0.4, -0.2) is 99.8 Å². The van der Waals surface area contributed by atoms with Gasteiger partial charge in [-0.3, -0.25) is 19.8 Å². The van der Waals surface area contributed by atoms with E-state index < -0.39 is 31.4 Å². The molecule has 2 aromatic heterocycles. The molecule has 3 aromatic carbocycles.